The average Bonchev–Trinajstić information content (AvgIpc) is 2.59. The third-order valence-corrected chi connectivity index (χ3v) is 3.79. The number of nitrogens with zero attached hydrogens (tertiary/aromatic N) is 1. The van der Waals surface area contributed by atoms with Crippen molar-refractivity contribution in [1.82, 2.24) is 10.4 Å². The van der Waals surface area contributed by atoms with Gasteiger partial charge in [-0.15, -0.1) is 0 Å². The lowest BCUT2D eigenvalue weighted by Crippen LogP contribution is -2.47. The zero-order valence-corrected chi connectivity index (χ0v) is 12.4. The highest BCUT2D eigenvalue weighted by molar-refractivity contribution is 6.18. The van der Waals surface area contributed by atoms with E-state index in [0.717, 1.165) is 0 Å². The molecule has 0 radical (unpaired) electrons. The second-order valence-corrected chi connectivity index (χ2v) is 5.32. The second kappa shape index (κ2) is 6.21. The molecule has 0 aliphatic carbocycles. The molecule has 0 saturated heterocycles. The standard InChI is InChI=1S/C17H13FN2O4/c18-11-7-5-10(6-8-11)9-19-15(21)14-12-3-1-2-4-13(12)16(22)20(24)17(14)23/h1-8,14,24H,9H2,(H,19,21). The third-order valence-electron chi connectivity index (χ3n) is 3.79. The van der Waals surface area contributed by atoms with E-state index in [4.69, 9.17) is 0 Å². The van der Waals surface area contributed by atoms with Gasteiger partial charge >= 0.3 is 0 Å². The average molecular weight is 328 g/mol. The zero-order valence-electron chi connectivity index (χ0n) is 12.4. The number of hydrogen-bond acceptors (Lipinski definition) is 4. The molecular weight excluding hydrogens is 315 g/mol. The Kier molecular flexibility index (Phi) is 4.09. The Morgan fingerprint density at radius 1 is 1.12 bits per heavy atom. The van der Waals surface area contributed by atoms with Gasteiger partial charge in [0.05, 0.1) is 0 Å². The molecule has 2 aromatic carbocycles. The quantitative estimate of drug-likeness (QED) is 0.509. The number of hydrogen-bond donors (Lipinski definition) is 2. The van der Waals surface area contributed by atoms with E-state index in [-0.39, 0.29) is 22.7 Å². The van der Waals surface area contributed by atoms with Gasteiger partial charge in [-0.3, -0.25) is 19.6 Å². The molecule has 1 atom stereocenters. The number of carbonyl (C=O) groups is 3. The van der Waals surface area contributed by atoms with Gasteiger partial charge in [-0.2, -0.15) is 5.06 Å². The number of fused-ring (bicyclic) bond motifs is 1. The summed E-state index contributed by atoms with van der Waals surface area (Å²) in [4.78, 5) is 36.4. The molecule has 0 bridgehead atoms. The molecule has 0 saturated carbocycles. The van der Waals surface area contributed by atoms with E-state index in [1.807, 2.05) is 0 Å². The fourth-order valence-electron chi connectivity index (χ4n) is 2.56. The van der Waals surface area contributed by atoms with Gasteiger partial charge in [0.1, 0.15) is 11.7 Å². The van der Waals surface area contributed by atoms with E-state index in [0.29, 0.717) is 5.56 Å². The first-order chi connectivity index (χ1) is 11.5. The Balaban J connectivity index is 1.83. The Morgan fingerprint density at radius 2 is 1.79 bits per heavy atom. The molecule has 0 spiro atoms. The first-order valence-corrected chi connectivity index (χ1v) is 7.17. The zero-order chi connectivity index (χ0) is 17.3. The third kappa shape index (κ3) is 2.77. The van der Waals surface area contributed by atoms with Crippen LogP contribution in [0.15, 0.2) is 48.5 Å². The van der Waals surface area contributed by atoms with Crippen LogP contribution in [0.5, 0.6) is 0 Å². The molecule has 3 rings (SSSR count). The maximum absolute atomic E-state index is 12.9. The van der Waals surface area contributed by atoms with Gasteiger partial charge in [-0.05, 0) is 29.3 Å². The van der Waals surface area contributed by atoms with E-state index in [1.165, 1.54) is 36.4 Å². The minimum Gasteiger partial charge on any atom is -0.351 e. The van der Waals surface area contributed by atoms with Gasteiger partial charge in [0, 0.05) is 12.1 Å². The largest absolute Gasteiger partial charge is 0.351 e. The van der Waals surface area contributed by atoms with Crippen molar-refractivity contribution in [3.8, 4) is 0 Å². The summed E-state index contributed by atoms with van der Waals surface area (Å²) >= 11 is 0. The molecule has 2 N–H and O–H groups in total. The molecule has 0 fully saturated rings. The van der Waals surface area contributed by atoms with Crippen LogP contribution >= 0.6 is 0 Å². The number of rotatable bonds is 3. The van der Waals surface area contributed by atoms with Crippen LogP contribution in [0.3, 0.4) is 0 Å². The van der Waals surface area contributed by atoms with Crippen LogP contribution < -0.4 is 5.32 Å². The minimum atomic E-state index is -1.32. The molecule has 1 heterocycles. The number of nitrogens with one attached hydrogen (secondary N) is 1. The van der Waals surface area contributed by atoms with E-state index in [2.05, 4.69) is 5.32 Å². The molecule has 7 heteroatoms. The monoisotopic (exact) mass is 328 g/mol. The summed E-state index contributed by atoms with van der Waals surface area (Å²) in [5.74, 6) is -4.22. The van der Waals surface area contributed by atoms with Gasteiger partial charge in [-0.1, -0.05) is 30.3 Å². The predicted molar refractivity (Wildman–Crippen MR) is 80.4 cm³/mol. The van der Waals surface area contributed by atoms with Crippen LogP contribution in [0, 0.1) is 5.82 Å². The maximum atomic E-state index is 12.9. The summed E-state index contributed by atoms with van der Waals surface area (Å²) in [5.41, 5.74) is 0.995. The molecule has 1 aliphatic heterocycles. The van der Waals surface area contributed by atoms with Gasteiger partial charge in [0.2, 0.25) is 5.91 Å². The van der Waals surface area contributed by atoms with Gasteiger partial charge in [0.15, 0.2) is 0 Å². The van der Waals surface area contributed by atoms with Crippen molar-refractivity contribution in [3.05, 3.63) is 71.0 Å². The van der Waals surface area contributed by atoms with E-state index in [1.54, 1.807) is 12.1 Å². The van der Waals surface area contributed by atoms with Crippen LogP contribution in [0.2, 0.25) is 0 Å². The van der Waals surface area contributed by atoms with Crippen LogP contribution in [0.4, 0.5) is 4.39 Å². The summed E-state index contributed by atoms with van der Waals surface area (Å²) in [6.07, 6.45) is 0. The summed E-state index contributed by atoms with van der Waals surface area (Å²) in [5, 5.41) is 12.2. The van der Waals surface area contributed by atoms with Crippen molar-refractivity contribution in [2.45, 2.75) is 12.5 Å². The van der Waals surface area contributed by atoms with Crippen molar-refractivity contribution >= 4 is 17.7 Å². The minimum absolute atomic E-state index is 0.0372. The van der Waals surface area contributed by atoms with Gasteiger partial charge in [0.25, 0.3) is 11.8 Å². The van der Waals surface area contributed by atoms with E-state index in [9.17, 15) is 24.0 Å². The highest BCUT2D eigenvalue weighted by atomic mass is 19.1. The molecule has 24 heavy (non-hydrogen) atoms. The molecular formula is C17H13FN2O4. The normalized spacial score (nSPS) is 16.8. The molecule has 1 aliphatic rings. The molecule has 122 valence electrons. The lowest BCUT2D eigenvalue weighted by atomic mass is 9.88. The number of imide groups is 1. The van der Waals surface area contributed by atoms with Gasteiger partial charge in [-0.25, -0.2) is 4.39 Å². The van der Waals surface area contributed by atoms with Crippen molar-refractivity contribution in [3.63, 3.8) is 0 Å². The van der Waals surface area contributed by atoms with Crippen LogP contribution in [0.1, 0.15) is 27.4 Å². The molecule has 1 unspecified atom stereocenters. The van der Waals surface area contributed by atoms with Crippen molar-refractivity contribution in [2.75, 3.05) is 0 Å². The lowest BCUT2D eigenvalue weighted by Gasteiger charge is -2.27. The topological polar surface area (TPSA) is 86.7 Å². The molecule has 0 aromatic heterocycles. The second-order valence-electron chi connectivity index (χ2n) is 5.32. The predicted octanol–water partition coefficient (Wildman–Crippen LogP) is 1.60. The summed E-state index contributed by atoms with van der Waals surface area (Å²) in [7, 11) is 0. The van der Waals surface area contributed by atoms with Crippen molar-refractivity contribution in [2.24, 2.45) is 0 Å². The number of amides is 3. The van der Waals surface area contributed by atoms with E-state index < -0.39 is 29.5 Å². The van der Waals surface area contributed by atoms with Crippen molar-refractivity contribution < 1.29 is 24.0 Å². The smallest absolute Gasteiger partial charge is 0.284 e. The fraction of sp³-hybridized carbons (Fsp3) is 0.118. The molecule has 6 nitrogen and oxygen atoms in total. The van der Waals surface area contributed by atoms with E-state index >= 15 is 0 Å². The Hall–Kier alpha value is -3.06. The Morgan fingerprint density at radius 3 is 2.50 bits per heavy atom. The van der Waals surface area contributed by atoms with Crippen molar-refractivity contribution in [1.29, 1.82) is 0 Å². The number of carbonyl (C=O) groups excluding carboxylic acids is 3. The number of halogens is 1. The maximum Gasteiger partial charge on any atom is 0.284 e. The summed E-state index contributed by atoms with van der Waals surface area (Å²) in [6, 6.07) is 11.7. The number of hydroxylamine groups is 2. The summed E-state index contributed by atoms with van der Waals surface area (Å²) in [6.45, 7) is 0.0877. The highest BCUT2D eigenvalue weighted by Crippen LogP contribution is 2.28. The molecule has 2 aromatic rings. The molecule has 3 amide bonds. The Bertz CT molecular complexity index is 820. The lowest BCUT2D eigenvalue weighted by molar-refractivity contribution is -0.158. The first-order valence-electron chi connectivity index (χ1n) is 7.17. The first kappa shape index (κ1) is 15.8. The highest BCUT2D eigenvalue weighted by Gasteiger charge is 2.42. The Labute approximate surface area is 136 Å². The SMILES string of the molecule is O=C(NCc1ccc(F)cc1)C1C(=O)N(O)C(=O)c2ccccc21. The summed E-state index contributed by atoms with van der Waals surface area (Å²) < 4.78 is 12.9. The van der Waals surface area contributed by atoms with Crippen LogP contribution in [-0.2, 0) is 16.1 Å². The van der Waals surface area contributed by atoms with Crippen LogP contribution in [-0.4, -0.2) is 28.0 Å². The number of benzene rings is 2. The van der Waals surface area contributed by atoms with Gasteiger partial charge < -0.3 is 5.32 Å². The van der Waals surface area contributed by atoms with Crippen LogP contribution in [0.25, 0.3) is 0 Å². The fourth-order valence-corrected chi connectivity index (χ4v) is 2.56.